The maximum Gasteiger partial charge on any atom is 0.234 e. The lowest BCUT2D eigenvalue weighted by molar-refractivity contribution is -0.122. The van der Waals surface area contributed by atoms with Crippen LogP contribution in [0.4, 0.5) is 17.3 Å². The van der Waals surface area contributed by atoms with Gasteiger partial charge in [-0.15, -0.1) is 0 Å². The third-order valence-corrected chi connectivity index (χ3v) is 6.64. The number of pyridine rings is 2. The molecule has 1 fully saturated rings. The number of rotatable bonds is 0. The molecule has 8 heteroatoms. The first kappa shape index (κ1) is 23.3. The maximum absolute atomic E-state index is 12.4. The Balaban J connectivity index is 1.37. The van der Waals surface area contributed by atoms with E-state index in [2.05, 4.69) is 79.0 Å². The summed E-state index contributed by atoms with van der Waals surface area (Å²) in [6.07, 6.45) is 4.54. The van der Waals surface area contributed by atoms with Crippen LogP contribution in [0.3, 0.4) is 0 Å². The molecule has 2 aromatic heterocycles. The van der Waals surface area contributed by atoms with Gasteiger partial charge in [0.05, 0.1) is 6.54 Å². The van der Waals surface area contributed by atoms with Crippen molar-refractivity contribution in [2.45, 2.75) is 25.9 Å². The average Bonchev–Trinajstić information content (AvgIpc) is 2.86. The molecule has 7 heterocycles. The van der Waals surface area contributed by atoms with E-state index in [9.17, 15) is 4.79 Å². The van der Waals surface area contributed by atoms with Gasteiger partial charge >= 0.3 is 0 Å². The molecule has 8 nitrogen and oxygen atoms in total. The molecule has 35 heavy (non-hydrogen) atoms. The Bertz CT molecular complexity index is 1150. The SMILES string of the molecule is CC1CN2CCN1Cc1cccc(c1)Nc1cc(ccn1)-c1ccc(nc1)NCCCNC(=O)C2. The average molecular weight is 472 g/mol. The number of hydrogen-bond donors (Lipinski definition) is 3. The quantitative estimate of drug-likeness (QED) is 0.464. The first-order valence-electron chi connectivity index (χ1n) is 12.4. The minimum atomic E-state index is 0.0978. The second-order valence-electron chi connectivity index (χ2n) is 9.37. The van der Waals surface area contributed by atoms with Crippen LogP contribution in [-0.2, 0) is 11.3 Å². The van der Waals surface area contributed by atoms with E-state index in [-0.39, 0.29) is 5.91 Å². The summed E-state index contributed by atoms with van der Waals surface area (Å²) in [6, 6.07) is 17.0. The highest BCUT2D eigenvalue weighted by molar-refractivity contribution is 5.78. The molecule has 8 rings (SSSR count). The fourth-order valence-electron chi connectivity index (χ4n) is 4.72. The van der Waals surface area contributed by atoms with Crippen LogP contribution in [0.1, 0.15) is 18.9 Å². The lowest BCUT2D eigenvalue weighted by Crippen LogP contribution is -2.53. The summed E-state index contributed by atoms with van der Waals surface area (Å²) in [4.78, 5) is 26.3. The lowest BCUT2D eigenvalue weighted by atomic mass is 10.1. The molecule has 0 aliphatic carbocycles. The third-order valence-electron chi connectivity index (χ3n) is 6.64. The van der Waals surface area contributed by atoms with Crippen LogP contribution < -0.4 is 16.0 Å². The van der Waals surface area contributed by atoms with Crippen LogP contribution in [0.25, 0.3) is 11.1 Å². The van der Waals surface area contributed by atoms with Crippen molar-refractivity contribution in [1.29, 1.82) is 0 Å². The highest BCUT2D eigenvalue weighted by Crippen LogP contribution is 2.24. The largest absolute Gasteiger partial charge is 0.370 e. The summed E-state index contributed by atoms with van der Waals surface area (Å²) in [6.45, 7) is 7.74. The molecule has 182 valence electrons. The molecule has 1 aromatic carbocycles. The smallest absolute Gasteiger partial charge is 0.234 e. The molecule has 0 radical (unpaired) electrons. The molecular weight excluding hydrogens is 438 g/mol. The molecule has 8 bridgehead atoms. The zero-order chi connectivity index (χ0) is 24.0. The van der Waals surface area contributed by atoms with Crippen LogP contribution in [-0.4, -0.2) is 71.0 Å². The zero-order valence-electron chi connectivity index (χ0n) is 20.2. The van der Waals surface area contributed by atoms with E-state index in [0.29, 0.717) is 19.1 Å². The van der Waals surface area contributed by atoms with Gasteiger partial charge in [-0.2, -0.15) is 0 Å². The van der Waals surface area contributed by atoms with Crippen molar-refractivity contribution >= 4 is 23.2 Å². The monoisotopic (exact) mass is 471 g/mol. The van der Waals surface area contributed by atoms with Crippen LogP contribution >= 0.6 is 0 Å². The van der Waals surface area contributed by atoms with Crippen molar-refractivity contribution in [3.05, 3.63) is 66.5 Å². The molecule has 3 unspecified atom stereocenters. The van der Waals surface area contributed by atoms with Gasteiger partial charge in [0.2, 0.25) is 5.91 Å². The highest BCUT2D eigenvalue weighted by atomic mass is 16.2. The van der Waals surface area contributed by atoms with Gasteiger partial charge in [0.25, 0.3) is 0 Å². The molecule has 3 aromatic rings. The number of anilines is 3. The van der Waals surface area contributed by atoms with E-state index in [0.717, 1.165) is 67.6 Å². The lowest BCUT2D eigenvalue weighted by Gasteiger charge is -2.39. The van der Waals surface area contributed by atoms with Gasteiger partial charge in [0, 0.05) is 69.0 Å². The van der Waals surface area contributed by atoms with Crippen molar-refractivity contribution in [3.8, 4) is 11.1 Å². The number of aromatic nitrogens is 2. The van der Waals surface area contributed by atoms with E-state index in [4.69, 9.17) is 0 Å². The Morgan fingerprint density at radius 1 is 0.914 bits per heavy atom. The first-order valence-corrected chi connectivity index (χ1v) is 12.4. The molecule has 5 aliphatic heterocycles. The summed E-state index contributed by atoms with van der Waals surface area (Å²) in [7, 11) is 0. The number of piperazine rings is 1. The predicted octanol–water partition coefficient (Wildman–Crippen LogP) is 3.33. The maximum atomic E-state index is 12.4. The molecular formula is C27H33N7O. The minimum absolute atomic E-state index is 0.0978. The van der Waals surface area contributed by atoms with E-state index in [1.165, 1.54) is 5.56 Å². The highest BCUT2D eigenvalue weighted by Gasteiger charge is 2.25. The first-order chi connectivity index (χ1) is 17.1. The number of carbonyl (C=O) groups excluding carboxylic acids is 1. The Kier molecular flexibility index (Phi) is 7.20. The van der Waals surface area contributed by atoms with Gasteiger partial charge in [0.15, 0.2) is 0 Å². The summed E-state index contributed by atoms with van der Waals surface area (Å²) < 4.78 is 0. The number of benzene rings is 1. The molecule has 3 atom stereocenters. The van der Waals surface area contributed by atoms with Crippen molar-refractivity contribution < 1.29 is 4.79 Å². The third kappa shape index (κ3) is 6.15. The van der Waals surface area contributed by atoms with Gasteiger partial charge in [-0.05, 0) is 60.9 Å². The van der Waals surface area contributed by atoms with E-state index >= 15 is 0 Å². The minimum Gasteiger partial charge on any atom is -0.370 e. The van der Waals surface area contributed by atoms with Gasteiger partial charge in [-0.3, -0.25) is 14.6 Å². The van der Waals surface area contributed by atoms with Crippen LogP contribution in [0.15, 0.2) is 60.9 Å². The topological polar surface area (TPSA) is 85.4 Å². The molecule has 0 spiro atoms. The molecule has 0 saturated carbocycles. The number of nitrogens with zero attached hydrogens (tertiary/aromatic N) is 4. The summed E-state index contributed by atoms with van der Waals surface area (Å²) in [5.74, 6) is 1.73. The van der Waals surface area contributed by atoms with Gasteiger partial charge in [-0.1, -0.05) is 12.1 Å². The summed E-state index contributed by atoms with van der Waals surface area (Å²) in [5.41, 5.74) is 4.37. The summed E-state index contributed by atoms with van der Waals surface area (Å²) >= 11 is 0. The van der Waals surface area contributed by atoms with Crippen molar-refractivity contribution in [2.75, 3.05) is 49.9 Å². The second kappa shape index (κ2) is 10.8. The number of hydrogen-bond acceptors (Lipinski definition) is 7. The molecule has 1 amide bonds. The van der Waals surface area contributed by atoms with E-state index in [1.54, 1.807) is 0 Å². The summed E-state index contributed by atoms with van der Waals surface area (Å²) in [5, 5.41) is 9.86. The van der Waals surface area contributed by atoms with Crippen molar-refractivity contribution in [2.24, 2.45) is 0 Å². The second-order valence-corrected chi connectivity index (χ2v) is 9.37. The van der Waals surface area contributed by atoms with E-state index < -0.39 is 0 Å². The number of carbonyl (C=O) groups is 1. The van der Waals surface area contributed by atoms with E-state index in [1.807, 2.05) is 24.5 Å². The molecule has 3 N–H and O–H groups in total. The van der Waals surface area contributed by atoms with Crippen LogP contribution in [0.2, 0.25) is 0 Å². The fourth-order valence-corrected chi connectivity index (χ4v) is 4.72. The van der Waals surface area contributed by atoms with Gasteiger partial charge < -0.3 is 16.0 Å². The van der Waals surface area contributed by atoms with Gasteiger partial charge in [0.1, 0.15) is 11.6 Å². The molecule has 5 aliphatic rings. The molecule has 1 saturated heterocycles. The zero-order valence-corrected chi connectivity index (χ0v) is 20.2. The van der Waals surface area contributed by atoms with Gasteiger partial charge in [-0.25, -0.2) is 9.97 Å². The Morgan fingerprint density at radius 2 is 1.83 bits per heavy atom. The Labute approximate surface area is 206 Å². The standard InChI is InChI=1S/C27H33N7O/c1-20-17-33-12-13-34(20)18-21-4-2-5-24(14-21)32-26-15-22(8-11-29-26)23-6-7-25(31-16-23)28-9-3-10-30-27(35)19-33/h2,4-8,11,14-16,20H,3,9-10,12-13,17-19H2,1H3,(H,28,31)(H,29,32)(H,30,35). The van der Waals surface area contributed by atoms with Crippen molar-refractivity contribution in [1.82, 2.24) is 25.1 Å². The van der Waals surface area contributed by atoms with Crippen LogP contribution in [0, 0.1) is 0 Å². The Hall–Kier alpha value is -3.49. The Morgan fingerprint density at radius 3 is 2.69 bits per heavy atom. The van der Waals surface area contributed by atoms with Crippen LogP contribution in [0.5, 0.6) is 0 Å². The normalized spacial score (nSPS) is 23.1. The predicted molar refractivity (Wildman–Crippen MR) is 140 cm³/mol. The number of amides is 1. The van der Waals surface area contributed by atoms with Crippen molar-refractivity contribution in [3.63, 3.8) is 0 Å². The number of nitrogens with one attached hydrogen (secondary N) is 3. The fraction of sp³-hybridized carbons (Fsp3) is 0.370.